The average Bonchev–Trinajstić information content (AvgIpc) is 3.39. The topological polar surface area (TPSA) is 23.5 Å². The van der Waals surface area contributed by atoms with E-state index >= 15 is 0 Å². The number of hydrogen-bond donors (Lipinski definition) is 1. The van der Waals surface area contributed by atoms with E-state index in [2.05, 4.69) is 89.5 Å². The molecule has 164 valence electrons. The van der Waals surface area contributed by atoms with Crippen LogP contribution in [0, 0.1) is 17.8 Å². The Hall–Kier alpha value is -2.86. The molecular formula is C30H33NO. The van der Waals surface area contributed by atoms with Crippen LogP contribution < -0.4 is 0 Å². The molecule has 0 aromatic heterocycles. The predicted molar refractivity (Wildman–Crippen MR) is 132 cm³/mol. The molecular weight excluding hydrogens is 390 g/mol. The lowest BCUT2D eigenvalue weighted by atomic mass is 9.78. The second-order valence-corrected chi connectivity index (χ2v) is 8.92. The normalized spacial score (nSPS) is 15.8. The first-order valence-electron chi connectivity index (χ1n) is 11.8. The summed E-state index contributed by atoms with van der Waals surface area (Å²) in [6, 6.07) is 31.3. The first-order chi connectivity index (χ1) is 15.7. The first-order valence-corrected chi connectivity index (χ1v) is 11.8. The summed E-state index contributed by atoms with van der Waals surface area (Å²) in [5.41, 5.74) is 2.73. The van der Waals surface area contributed by atoms with Crippen molar-refractivity contribution < 1.29 is 5.11 Å². The molecule has 0 radical (unpaired) electrons. The minimum Gasteiger partial charge on any atom is -0.384 e. The smallest absolute Gasteiger partial charge is 0.103 e. The molecule has 0 heterocycles. The molecule has 1 aliphatic rings. The molecule has 1 fully saturated rings. The van der Waals surface area contributed by atoms with Crippen LogP contribution in [0.2, 0.25) is 0 Å². The molecule has 0 aliphatic heterocycles. The summed E-state index contributed by atoms with van der Waals surface area (Å²) in [5, 5.41) is 11.7. The van der Waals surface area contributed by atoms with Gasteiger partial charge in [0, 0.05) is 19.5 Å². The van der Waals surface area contributed by atoms with Crippen molar-refractivity contribution in [3.63, 3.8) is 0 Å². The van der Waals surface area contributed by atoms with Gasteiger partial charge in [-0.2, -0.15) is 0 Å². The Balaban J connectivity index is 1.47. The fourth-order valence-corrected chi connectivity index (χ4v) is 4.83. The Kier molecular flexibility index (Phi) is 7.77. The first kappa shape index (κ1) is 22.3. The van der Waals surface area contributed by atoms with Crippen LogP contribution in [0.15, 0.2) is 91.0 Å². The van der Waals surface area contributed by atoms with Gasteiger partial charge in [0.15, 0.2) is 0 Å². The number of rotatable bonds is 8. The van der Waals surface area contributed by atoms with Crippen molar-refractivity contribution in [1.29, 1.82) is 0 Å². The lowest BCUT2D eigenvalue weighted by Crippen LogP contribution is -2.33. The summed E-state index contributed by atoms with van der Waals surface area (Å²) in [6.45, 7) is 2.39. The molecule has 4 rings (SSSR count). The van der Waals surface area contributed by atoms with Gasteiger partial charge in [0.1, 0.15) is 5.60 Å². The van der Waals surface area contributed by atoms with Crippen LogP contribution in [-0.2, 0) is 18.7 Å². The number of benzene rings is 3. The van der Waals surface area contributed by atoms with E-state index in [0.717, 1.165) is 31.5 Å². The van der Waals surface area contributed by atoms with E-state index in [0.29, 0.717) is 18.9 Å². The maximum atomic E-state index is 11.7. The van der Waals surface area contributed by atoms with Gasteiger partial charge in [-0.25, -0.2) is 0 Å². The van der Waals surface area contributed by atoms with Crippen molar-refractivity contribution in [3.8, 4) is 11.8 Å². The van der Waals surface area contributed by atoms with Gasteiger partial charge in [0.2, 0.25) is 0 Å². The fourth-order valence-electron chi connectivity index (χ4n) is 4.83. The van der Waals surface area contributed by atoms with Crippen LogP contribution in [0.1, 0.15) is 48.8 Å². The Morgan fingerprint density at radius 1 is 0.719 bits per heavy atom. The van der Waals surface area contributed by atoms with E-state index in [4.69, 9.17) is 0 Å². The van der Waals surface area contributed by atoms with E-state index in [1.165, 1.54) is 24.0 Å². The van der Waals surface area contributed by atoms with Gasteiger partial charge < -0.3 is 5.11 Å². The molecule has 1 saturated carbocycles. The predicted octanol–water partition coefficient (Wildman–Crippen LogP) is 6.16. The minimum absolute atomic E-state index is 0.295. The number of nitrogens with zero attached hydrogens (tertiary/aromatic N) is 1. The van der Waals surface area contributed by atoms with E-state index in [9.17, 15) is 5.11 Å². The summed E-state index contributed by atoms with van der Waals surface area (Å²) in [4.78, 5) is 2.37. The van der Waals surface area contributed by atoms with E-state index in [1.54, 1.807) is 0 Å². The summed E-state index contributed by atoms with van der Waals surface area (Å²) in [6.07, 6.45) is 5.07. The maximum absolute atomic E-state index is 11.7. The Bertz CT molecular complexity index is 959. The van der Waals surface area contributed by atoms with Crippen molar-refractivity contribution in [2.45, 2.75) is 50.8 Å². The second-order valence-electron chi connectivity index (χ2n) is 8.92. The minimum atomic E-state index is -0.853. The highest BCUT2D eigenvalue weighted by atomic mass is 16.3. The highest BCUT2D eigenvalue weighted by molar-refractivity contribution is 5.26. The molecule has 3 aromatic rings. The standard InChI is InChI=1S/C30H33NO/c32-30(29-20-10-11-21-29,28-18-8-3-9-19-28)22-12-13-23-31(24-26-14-4-1-5-15-26)25-27-16-6-2-7-17-27/h1-9,14-19,29,32H,10-11,20-25H2/t30-/m1/s1. The second kappa shape index (κ2) is 11.1. The SMILES string of the molecule is O[C@](CC#CCN(Cc1ccccc1)Cc1ccccc1)(c1ccccc1)C1CCCC1. The number of hydrogen-bond acceptors (Lipinski definition) is 2. The van der Waals surface area contributed by atoms with Crippen LogP contribution in [-0.4, -0.2) is 16.6 Å². The van der Waals surface area contributed by atoms with Crippen LogP contribution in [0.25, 0.3) is 0 Å². The Morgan fingerprint density at radius 2 is 1.22 bits per heavy atom. The lowest BCUT2D eigenvalue weighted by molar-refractivity contribution is -0.0173. The molecule has 2 nitrogen and oxygen atoms in total. The highest BCUT2D eigenvalue weighted by Crippen LogP contribution is 2.42. The van der Waals surface area contributed by atoms with Crippen molar-refractivity contribution in [3.05, 3.63) is 108 Å². The third-order valence-electron chi connectivity index (χ3n) is 6.59. The van der Waals surface area contributed by atoms with Gasteiger partial charge in [-0.1, -0.05) is 116 Å². The molecule has 2 heteroatoms. The molecule has 1 atom stereocenters. The average molecular weight is 424 g/mol. The van der Waals surface area contributed by atoms with Crippen LogP contribution in [0.3, 0.4) is 0 Å². The Labute approximate surface area is 192 Å². The zero-order valence-corrected chi connectivity index (χ0v) is 18.8. The van der Waals surface area contributed by atoms with Gasteiger partial charge in [0.25, 0.3) is 0 Å². The zero-order valence-electron chi connectivity index (χ0n) is 18.8. The van der Waals surface area contributed by atoms with Gasteiger partial charge in [-0.15, -0.1) is 0 Å². The van der Waals surface area contributed by atoms with Crippen molar-refractivity contribution >= 4 is 0 Å². The van der Waals surface area contributed by atoms with Crippen LogP contribution in [0.4, 0.5) is 0 Å². The quantitative estimate of drug-likeness (QED) is 0.439. The number of aliphatic hydroxyl groups is 1. The summed E-state index contributed by atoms with van der Waals surface area (Å²) < 4.78 is 0. The van der Waals surface area contributed by atoms with Gasteiger partial charge >= 0.3 is 0 Å². The van der Waals surface area contributed by atoms with Gasteiger partial charge in [0.05, 0.1) is 6.54 Å². The maximum Gasteiger partial charge on any atom is 0.103 e. The van der Waals surface area contributed by atoms with Gasteiger partial charge in [-0.3, -0.25) is 4.90 Å². The molecule has 1 aliphatic carbocycles. The molecule has 0 unspecified atom stereocenters. The lowest BCUT2D eigenvalue weighted by Gasteiger charge is -2.33. The Morgan fingerprint density at radius 3 is 1.75 bits per heavy atom. The molecule has 1 N–H and O–H groups in total. The molecule has 0 amide bonds. The third-order valence-corrected chi connectivity index (χ3v) is 6.59. The molecule has 32 heavy (non-hydrogen) atoms. The van der Waals surface area contributed by atoms with Crippen LogP contribution >= 0.6 is 0 Å². The fraction of sp³-hybridized carbons (Fsp3) is 0.333. The van der Waals surface area contributed by atoms with Crippen molar-refractivity contribution in [2.24, 2.45) is 5.92 Å². The van der Waals surface area contributed by atoms with Crippen molar-refractivity contribution in [2.75, 3.05) is 6.54 Å². The van der Waals surface area contributed by atoms with Crippen molar-refractivity contribution in [1.82, 2.24) is 4.90 Å². The highest BCUT2D eigenvalue weighted by Gasteiger charge is 2.39. The summed E-state index contributed by atoms with van der Waals surface area (Å²) in [5.74, 6) is 7.05. The molecule has 0 bridgehead atoms. The van der Waals surface area contributed by atoms with Gasteiger partial charge in [-0.05, 0) is 35.4 Å². The molecule has 0 saturated heterocycles. The molecule has 3 aromatic carbocycles. The van der Waals surface area contributed by atoms with E-state index in [1.807, 2.05) is 18.2 Å². The summed E-state index contributed by atoms with van der Waals surface area (Å²) in [7, 11) is 0. The largest absolute Gasteiger partial charge is 0.384 e. The summed E-state index contributed by atoms with van der Waals surface area (Å²) >= 11 is 0. The van der Waals surface area contributed by atoms with E-state index < -0.39 is 5.60 Å². The van der Waals surface area contributed by atoms with Crippen LogP contribution in [0.5, 0.6) is 0 Å². The van der Waals surface area contributed by atoms with E-state index in [-0.39, 0.29) is 0 Å². The third kappa shape index (κ3) is 5.88. The zero-order chi connectivity index (χ0) is 22.1. The molecule has 0 spiro atoms. The monoisotopic (exact) mass is 423 g/mol.